The van der Waals surface area contributed by atoms with E-state index in [1.807, 2.05) is 54.6 Å². The Hall–Kier alpha value is -4.38. The second kappa shape index (κ2) is 9.49. The predicted octanol–water partition coefficient (Wildman–Crippen LogP) is 9.56. The van der Waals surface area contributed by atoms with Crippen molar-refractivity contribution >= 4 is 43.1 Å². The van der Waals surface area contributed by atoms with Crippen molar-refractivity contribution in [2.24, 2.45) is 0 Å². The third-order valence-electron chi connectivity index (χ3n) is 6.63. The lowest BCUT2D eigenvalue weighted by molar-refractivity contribution is 1.08. The number of fused-ring (bicyclic) bond motifs is 3. The highest BCUT2D eigenvalue weighted by atomic mass is 35.5. The number of aromatic nitrogens is 3. The molecule has 38 heavy (non-hydrogen) atoms. The highest BCUT2D eigenvalue weighted by Gasteiger charge is 2.18. The highest BCUT2D eigenvalue weighted by molar-refractivity contribution is 7.26. The van der Waals surface area contributed by atoms with E-state index < -0.39 is 0 Å². The van der Waals surface area contributed by atoms with Crippen LogP contribution in [0, 0.1) is 0 Å². The molecule has 0 saturated heterocycles. The summed E-state index contributed by atoms with van der Waals surface area (Å²) in [6, 6.07) is 41.1. The van der Waals surface area contributed by atoms with Gasteiger partial charge in [-0.2, -0.15) is 0 Å². The number of nitrogens with zero attached hydrogens (tertiary/aromatic N) is 3. The number of hydrogen-bond donors (Lipinski definition) is 0. The summed E-state index contributed by atoms with van der Waals surface area (Å²) >= 11 is 8.43. The van der Waals surface area contributed by atoms with Crippen LogP contribution in [0.3, 0.4) is 0 Å². The molecule has 0 N–H and O–H groups in total. The molecule has 2 heterocycles. The monoisotopic (exact) mass is 525 g/mol. The van der Waals surface area contributed by atoms with Crippen molar-refractivity contribution in [3.05, 3.63) is 126 Å². The second-order valence-corrected chi connectivity index (χ2v) is 10.5. The van der Waals surface area contributed by atoms with Crippen LogP contribution >= 0.6 is 22.9 Å². The lowest BCUT2D eigenvalue weighted by Gasteiger charge is -2.10. The SMILES string of the molecule is Clc1ccc(-c2nc(-c3ccccc3)nc(-c3ccc(-c4ccccc4)cc3)n2)c2sc3ccccc3c12. The molecule has 2 aromatic heterocycles. The Balaban J connectivity index is 1.43. The largest absolute Gasteiger partial charge is 0.208 e. The molecule has 3 nitrogen and oxygen atoms in total. The summed E-state index contributed by atoms with van der Waals surface area (Å²) in [6.45, 7) is 0. The molecule has 5 aromatic carbocycles. The summed E-state index contributed by atoms with van der Waals surface area (Å²) in [5.74, 6) is 1.91. The number of thiophene rings is 1. The molecule has 0 amide bonds. The van der Waals surface area contributed by atoms with Crippen LogP contribution in [0.25, 0.3) is 65.5 Å². The van der Waals surface area contributed by atoms with E-state index in [2.05, 4.69) is 66.7 Å². The summed E-state index contributed by atoms with van der Waals surface area (Å²) in [7, 11) is 0. The summed E-state index contributed by atoms with van der Waals surface area (Å²) in [6.07, 6.45) is 0. The Morgan fingerprint density at radius 2 is 1.00 bits per heavy atom. The Morgan fingerprint density at radius 1 is 0.474 bits per heavy atom. The summed E-state index contributed by atoms with van der Waals surface area (Å²) in [5.41, 5.74) is 5.16. The van der Waals surface area contributed by atoms with Gasteiger partial charge in [-0.15, -0.1) is 11.3 Å². The van der Waals surface area contributed by atoms with E-state index in [0.717, 1.165) is 42.7 Å². The maximum atomic E-state index is 6.71. The third-order valence-corrected chi connectivity index (χ3v) is 8.15. The number of rotatable bonds is 4. The van der Waals surface area contributed by atoms with Crippen LogP contribution in [-0.2, 0) is 0 Å². The van der Waals surface area contributed by atoms with Gasteiger partial charge in [-0.25, -0.2) is 15.0 Å². The van der Waals surface area contributed by atoms with E-state index in [9.17, 15) is 0 Å². The molecule has 0 atom stereocenters. The third kappa shape index (κ3) is 4.04. The Kier molecular flexibility index (Phi) is 5.69. The van der Waals surface area contributed by atoms with Crippen molar-refractivity contribution < 1.29 is 0 Å². The summed E-state index contributed by atoms with van der Waals surface area (Å²) < 4.78 is 2.26. The van der Waals surface area contributed by atoms with Gasteiger partial charge >= 0.3 is 0 Å². The van der Waals surface area contributed by atoms with Gasteiger partial charge in [-0.1, -0.05) is 115 Å². The van der Waals surface area contributed by atoms with Gasteiger partial charge in [-0.3, -0.25) is 0 Å². The predicted molar refractivity (Wildman–Crippen MR) is 159 cm³/mol. The van der Waals surface area contributed by atoms with Crippen LogP contribution in [0.15, 0.2) is 121 Å². The van der Waals surface area contributed by atoms with Crippen LogP contribution in [0.4, 0.5) is 0 Å². The minimum absolute atomic E-state index is 0.634. The van der Waals surface area contributed by atoms with Gasteiger partial charge in [0.1, 0.15) is 0 Å². The van der Waals surface area contributed by atoms with Crippen LogP contribution < -0.4 is 0 Å². The van der Waals surface area contributed by atoms with Crippen LogP contribution in [-0.4, -0.2) is 15.0 Å². The summed E-state index contributed by atoms with van der Waals surface area (Å²) in [4.78, 5) is 14.8. The quantitative estimate of drug-likeness (QED) is 0.229. The van der Waals surface area contributed by atoms with E-state index in [-0.39, 0.29) is 0 Å². The van der Waals surface area contributed by atoms with Gasteiger partial charge in [-0.05, 0) is 29.3 Å². The molecule has 5 heteroatoms. The van der Waals surface area contributed by atoms with Crippen molar-refractivity contribution in [3.63, 3.8) is 0 Å². The first kappa shape index (κ1) is 22.8. The molecule has 0 bridgehead atoms. The van der Waals surface area contributed by atoms with Crippen LogP contribution in [0.2, 0.25) is 5.02 Å². The zero-order valence-electron chi connectivity index (χ0n) is 20.2. The average Bonchev–Trinajstić information content (AvgIpc) is 3.39. The van der Waals surface area contributed by atoms with Crippen molar-refractivity contribution in [1.29, 1.82) is 0 Å². The minimum atomic E-state index is 0.634. The van der Waals surface area contributed by atoms with Crippen molar-refractivity contribution in [1.82, 2.24) is 15.0 Å². The number of halogens is 1. The molecule has 0 saturated carbocycles. The smallest absolute Gasteiger partial charge is 0.165 e. The second-order valence-electron chi connectivity index (χ2n) is 9.01. The number of benzene rings is 5. The molecule has 0 fully saturated rings. The van der Waals surface area contributed by atoms with Gasteiger partial charge in [0.05, 0.1) is 0 Å². The molecule has 7 aromatic rings. The van der Waals surface area contributed by atoms with E-state index in [1.54, 1.807) is 11.3 Å². The fourth-order valence-corrected chi connectivity index (χ4v) is 6.30. The minimum Gasteiger partial charge on any atom is -0.208 e. The van der Waals surface area contributed by atoms with Crippen molar-refractivity contribution in [3.8, 4) is 45.3 Å². The highest BCUT2D eigenvalue weighted by Crippen LogP contribution is 2.43. The van der Waals surface area contributed by atoms with Crippen molar-refractivity contribution in [2.45, 2.75) is 0 Å². The molecule has 180 valence electrons. The fourth-order valence-electron chi connectivity index (χ4n) is 4.75. The zero-order chi connectivity index (χ0) is 25.5. The van der Waals surface area contributed by atoms with E-state index in [1.165, 1.54) is 10.3 Å². The molecular formula is C33H20ClN3S. The molecule has 0 spiro atoms. The van der Waals surface area contributed by atoms with Gasteiger partial charge in [0.2, 0.25) is 0 Å². The Bertz CT molecular complexity index is 1910. The normalized spacial score (nSPS) is 11.3. The molecule has 7 rings (SSSR count). The van der Waals surface area contributed by atoms with E-state index in [0.29, 0.717) is 17.5 Å². The first-order valence-corrected chi connectivity index (χ1v) is 13.5. The molecular weight excluding hydrogens is 506 g/mol. The molecule has 0 aliphatic heterocycles. The molecule has 0 unspecified atom stereocenters. The topological polar surface area (TPSA) is 38.7 Å². The maximum Gasteiger partial charge on any atom is 0.165 e. The Labute approximate surface area is 229 Å². The molecule has 0 aliphatic carbocycles. The Morgan fingerprint density at radius 3 is 1.71 bits per heavy atom. The van der Waals surface area contributed by atoms with Crippen LogP contribution in [0.5, 0.6) is 0 Å². The standard InChI is InChI=1S/C33H20ClN3S/c34-27-20-19-26(30-29(27)25-13-7-8-14-28(25)38-30)33-36-31(23-11-5-2-6-12-23)35-32(37-33)24-17-15-22(16-18-24)21-9-3-1-4-10-21/h1-20H. The fraction of sp³-hybridized carbons (Fsp3) is 0. The first-order chi connectivity index (χ1) is 18.7. The number of hydrogen-bond acceptors (Lipinski definition) is 4. The lowest BCUT2D eigenvalue weighted by Crippen LogP contribution is -2.00. The zero-order valence-corrected chi connectivity index (χ0v) is 21.7. The molecule has 0 aliphatic rings. The average molecular weight is 526 g/mol. The first-order valence-electron chi connectivity index (χ1n) is 12.3. The van der Waals surface area contributed by atoms with Crippen LogP contribution in [0.1, 0.15) is 0 Å². The maximum absolute atomic E-state index is 6.71. The van der Waals surface area contributed by atoms with Crippen molar-refractivity contribution in [2.75, 3.05) is 0 Å². The molecule has 0 radical (unpaired) electrons. The van der Waals surface area contributed by atoms with Gasteiger partial charge in [0, 0.05) is 41.9 Å². The van der Waals surface area contributed by atoms with Gasteiger partial charge < -0.3 is 0 Å². The lowest BCUT2D eigenvalue weighted by atomic mass is 10.0. The van der Waals surface area contributed by atoms with E-state index in [4.69, 9.17) is 26.6 Å². The van der Waals surface area contributed by atoms with E-state index >= 15 is 0 Å². The van der Waals surface area contributed by atoms with Gasteiger partial charge in [0.25, 0.3) is 0 Å². The summed E-state index contributed by atoms with van der Waals surface area (Å²) in [5, 5.41) is 2.92. The van der Waals surface area contributed by atoms with Gasteiger partial charge in [0.15, 0.2) is 17.5 Å².